The van der Waals surface area contributed by atoms with E-state index < -0.39 is 0 Å². The molecule has 0 aromatic rings. The minimum absolute atomic E-state index is 0.000874. The van der Waals surface area contributed by atoms with Crippen LogP contribution in [0, 0.1) is 11.8 Å². The second kappa shape index (κ2) is 14.7. The smallest absolute Gasteiger partial charge is 0.236 e. The highest BCUT2D eigenvalue weighted by molar-refractivity contribution is 6.06. The van der Waals surface area contributed by atoms with Gasteiger partial charge in [0.05, 0.1) is 57.8 Å². The number of rotatable bonds is 20. The maximum Gasteiger partial charge on any atom is 0.236 e. The topological polar surface area (TPSA) is 46.6 Å². The largest absolute Gasteiger partial charge is 0.373 e. The summed E-state index contributed by atoms with van der Waals surface area (Å²) in [5.41, 5.74) is 0. The van der Waals surface area contributed by atoms with Crippen molar-refractivity contribution in [3.63, 3.8) is 0 Å². The quantitative estimate of drug-likeness (QED) is 0.111. The molecule has 202 valence electrons. The molecule has 4 atom stereocenters. The lowest BCUT2D eigenvalue weighted by Crippen LogP contribution is -2.48. The maximum absolute atomic E-state index is 12.8. The van der Waals surface area contributed by atoms with Gasteiger partial charge in [0.15, 0.2) is 0 Å². The molecule has 2 bridgehead atoms. The summed E-state index contributed by atoms with van der Waals surface area (Å²) in [6, 6.07) is 0. The van der Waals surface area contributed by atoms with Crippen LogP contribution >= 0.6 is 0 Å². The van der Waals surface area contributed by atoms with Crippen molar-refractivity contribution in [1.29, 1.82) is 0 Å². The fraction of sp³-hybridized carbons (Fsp3) is 0.933. The Morgan fingerprint density at radius 1 is 0.657 bits per heavy atom. The molecule has 5 heteroatoms. The van der Waals surface area contributed by atoms with Gasteiger partial charge in [-0.15, -0.1) is 0 Å². The van der Waals surface area contributed by atoms with Crippen molar-refractivity contribution < 1.29 is 18.8 Å². The molecule has 0 unspecified atom stereocenters. The van der Waals surface area contributed by atoms with Crippen LogP contribution < -0.4 is 0 Å². The fourth-order valence-electron chi connectivity index (χ4n) is 6.56. The first-order valence-electron chi connectivity index (χ1n) is 15.3. The Hall–Kier alpha value is -0.940. The zero-order chi connectivity index (χ0) is 25.1. The Kier molecular flexibility index (Phi) is 12.0. The monoisotopic (exact) mass is 491 g/mol. The van der Waals surface area contributed by atoms with E-state index in [4.69, 9.17) is 4.74 Å². The third-order valence-electron chi connectivity index (χ3n) is 8.92. The highest BCUT2D eigenvalue weighted by Crippen LogP contribution is 2.48. The first kappa shape index (κ1) is 28.6. The molecule has 0 aliphatic carbocycles. The Bertz CT molecular complexity index is 622. The van der Waals surface area contributed by atoms with E-state index in [1.807, 2.05) is 0 Å². The maximum atomic E-state index is 12.8. The molecule has 3 fully saturated rings. The van der Waals surface area contributed by atoms with E-state index in [1.165, 1.54) is 103 Å². The molecular weight excluding hydrogens is 436 g/mol. The summed E-state index contributed by atoms with van der Waals surface area (Å²) in [6.45, 7) is 4.83. The molecule has 0 radical (unpaired) electrons. The molecule has 0 saturated carbocycles. The number of nitrogens with zero attached hydrogens (tertiary/aromatic N) is 2. The lowest BCUT2D eigenvalue weighted by atomic mass is 9.81. The average molecular weight is 492 g/mol. The fourth-order valence-corrected chi connectivity index (χ4v) is 6.56. The van der Waals surface area contributed by atoms with Crippen molar-refractivity contribution in [2.24, 2.45) is 11.8 Å². The number of fused-ring (bicyclic) bond motifs is 5. The standard InChI is InChI=1S/C30H55N2O3/c1-4-5-6-7-8-9-10-11-12-13-14-15-16-17-18-19-23-32(2,3)24-22-31-29(33)27-25-20-21-26(35-25)28(27)30(31)34/h25-28H,4-24H2,1-3H3/q+1/t25-,26+,27-,28+. The second-order valence-corrected chi connectivity index (χ2v) is 12.4. The molecule has 0 spiro atoms. The first-order chi connectivity index (χ1) is 16.9. The van der Waals surface area contributed by atoms with Crippen molar-refractivity contribution in [2.45, 2.75) is 135 Å². The minimum atomic E-state index is -0.183. The van der Waals surface area contributed by atoms with Gasteiger partial charge >= 0.3 is 0 Å². The van der Waals surface area contributed by atoms with E-state index in [0.29, 0.717) is 6.54 Å². The van der Waals surface area contributed by atoms with Crippen LogP contribution in [0.1, 0.15) is 122 Å². The molecule has 3 aliphatic heterocycles. The number of likely N-dealkylation sites (N-methyl/N-ethyl adjacent to an activating group) is 1. The number of quaternary nitrogens is 1. The molecule has 0 aromatic heterocycles. The van der Waals surface area contributed by atoms with Crippen LogP contribution in [-0.2, 0) is 14.3 Å². The number of carbonyl (C=O) groups is 2. The van der Waals surface area contributed by atoms with E-state index in [-0.39, 0.29) is 35.9 Å². The van der Waals surface area contributed by atoms with Gasteiger partial charge in [-0.25, -0.2) is 0 Å². The van der Waals surface area contributed by atoms with Gasteiger partial charge in [0.1, 0.15) is 0 Å². The lowest BCUT2D eigenvalue weighted by molar-refractivity contribution is -0.889. The Balaban J connectivity index is 1.14. The molecule has 35 heavy (non-hydrogen) atoms. The molecule has 2 amide bonds. The van der Waals surface area contributed by atoms with E-state index >= 15 is 0 Å². The predicted octanol–water partition coefficient (Wildman–Crippen LogP) is 6.49. The third kappa shape index (κ3) is 8.55. The van der Waals surface area contributed by atoms with E-state index in [2.05, 4.69) is 21.0 Å². The molecule has 5 nitrogen and oxygen atoms in total. The van der Waals surface area contributed by atoms with Crippen LogP contribution in [0.15, 0.2) is 0 Å². The molecule has 0 aromatic carbocycles. The molecule has 3 heterocycles. The van der Waals surface area contributed by atoms with Crippen LogP contribution in [0.25, 0.3) is 0 Å². The number of ether oxygens (including phenoxy) is 1. The van der Waals surface area contributed by atoms with Gasteiger partial charge in [-0.3, -0.25) is 14.5 Å². The number of hydrogen-bond acceptors (Lipinski definition) is 3. The van der Waals surface area contributed by atoms with Crippen molar-refractivity contribution >= 4 is 11.8 Å². The summed E-state index contributed by atoms with van der Waals surface area (Å²) in [5.74, 6) is -0.293. The zero-order valence-corrected chi connectivity index (χ0v) is 23.3. The summed E-state index contributed by atoms with van der Waals surface area (Å²) in [6.07, 6.45) is 24.2. The SMILES string of the molecule is CCCCCCCCCCCCCCCCCC[N+](C)(C)CCN1C(=O)[C@@H]2[C@H](C1=O)[C@H]1CC[C@@H]2O1. The highest BCUT2D eigenvalue weighted by Gasteiger charge is 2.62. The highest BCUT2D eigenvalue weighted by atomic mass is 16.5. The van der Waals surface area contributed by atoms with Gasteiger partial charge in [-0.1, -0.05) is 96.8 Å². The Labute approximate surface area is 215 Å². The second-order valence-electron chi connectivity index (χ2n) is 12.4. The van der Waals surface area contributed by atoms with E-state index in [1.54, 1.807) is 4.90 Å². The van der Waals surface area contributed by atoms with Crippen molar-refractivity contribution in [2.75, 3.05) is 33.7 Å². The molecule has 3 rings (SSSR count). The van der Waals surface area contributed by atoms with Crippen molar-refractivity contribution in [3.05, 3.63) is 0 Å². The number of amides is 2. The molecule has 3 aliphatic rings. The summed E-state index contributed by atoms with van der Waals surface area (Å²) in [4.78, 5) is 27.2. The summed E-state index contributed by atoms with van der Waals surface area (Å²) in [5, 5.41) is 0. The van der Waals surface area contributed by atoms with Crippen LogP contribution in [0.2, 0.25) is 0 Å². The summed E-state index contributed by atoms with van der Waals surface area (Å²) >= 11 is 0. The minimum Gasteiger partial charge on any atom is -0.373 e. The number of hydrogen-bond donors (Lipinski definition) is 0. The number of likely N-dealkylation sites (tertiary alicyclic amines) is 1. The average Bonchev–Trinajstić information content (AvgIpc) is 3.51. The van der Waals surface area contributed by atoms with Gasteiger partial charge in [-0.05, 0) is 25.7 Å². The number of imide groups is 1. The Morgan fingerprint density at radius 2 is 1.06 bits per heavy atom. The molecule has 3 saturated heterocycles. The van der Waals surface area contributed by atoms with Crippen LogP contribution in [0.5, 0.6) is 0 Å². The van der Waals surface area contributed by atoms with Gasteiger partial charge in [0.25, 0.3) is 0 Å². The van der Waals surface area contributed by atoms with E-state index in [0.717, 1.165) is 30.4 Å². The summed E-state index contributed by atoms with van der Waals surface area (Å²) < 4.78 is 6.73. The van der Waals surface area contributed by atoms with Gasteiger partial charge < -0.3 is 9.22 Å². The van der Waals surface area contributed by atoms with Gasteiger partial charge in [-0.2, -0.15) is 0 Å². The molecule has 0 N–H and O–H groups in total. The van der Waals surface area contributed by atoms with Crippen LogP contribution in [-0.4, -0.2) is 67.1 Å². The van der Waals surface area contributed by atoms with E-state index in [9.17, 15) is 9.59 Å². The lowest BCUT2D eigenvalue weighted by Gasteiger charge is -2.31. The van der Waals surface area contributed by atoms with Gasteiger partial charge in [0, 0.05) is 0 Å². The molecular formula is C30H55N2O3+. The zero-order valence-electron chi connectivity index (χ0n) is 23.3. The van der Waals surface area contributed by atoms with Crippen LogP contribution in [0.3, 0.4) is 0 Å². The van der Waals surface area contributed by atoms with Crippen LogP contribution in [0.4, 0.5) is 0 Å². The van der Waals surface area contributed by atoms with Crippen molar-refractivity contribution in [1.82, 2.24) is 4.90 Å². The predicted molar refractivity (Wildman–Crippen MR) is 143 cm³/mol. The summed E-state index contributed by atoms with van der Waals surface area (Å²) in [7, 11) is 4.48. The third-order valence-corrected chi connectivity index (χ3v) is 8.92. The van der Waals surface area contributed by atoms with Crippen molar-refractivity contribution in [3.8, 4) is 0 Å². The number of carbonyl (C=O) groups excluding carboxylic acids is 2. The Morgan fingerprint density at radius 3 is 1.49 bits per heavy atom. The van der Waals surface area contributed by atoms with Gasteiger partial charge in [0.2, 0.25) is 11.8 Å². The number of unbranched alkanes of at least 4 members (excludes halogenated alkanes) is 15. The first-order valence-corrected chi connectivity index (χ1v) is 15.3. The normalized spacial score (nSPS) is 25.7.